The van der Waals surface area contributed by atoms with Crippen molar-refractivity contribution in [3.8, 4) is 0 Å². The average molecular weight is 256 g/mol. The number of quaternary nitrogens is 1. The number of halogens is 1. The van der Waals surface area contributed by atoms with Crippen LogP contribution in [0.2, 0.25) is 0 Å². The summed E-state index contributed by atoms with van der Waals surface area (Å²) in [6, 6.07) is 0. The Morgan fingerprint density at radius 1 is 1.40 bits per heavy atom. The maximum absolute atomic E-state index is 2.53. The van der Waals surface area contributed by atoms with Crippen molar-refractivity contribution < 1.29 is 5.32 Å². The fraction of sp³-hybridized carbons (Fsp3) is 1.00. The number of alkyl halides is 1. The van der Waals surface area contributed by atoms with Crippen LogP contribution in [0.5, 0.6) is 0 Å². The Morgan fingerprint density at radius 2 is 1.90 bits per heavy atom. The molecule has 1 nitrogen and oxygen atoms in total. The third kappa shape index (κ3) is 3.19. The highest BCUT2D eigenvalue weighted by Crippen LogP contribution is 2.20. The van der Waals surface area contributed by atoms with Crippen LogP contribution < -0.4 is 5.32 Å². The van der Waals surface area contributed by atoms with E-state index in [0.29, 0.717) is 0 Å². The summed E-state index contributed by atoms with van der Waals surface area (Å²) in [5.41, 5.74) is 0. The van der Waals surface area contributed by atoms with Crippen LogP contribution in [0.1, 0.15) is 27.2 Å². The van der Waals surface area contributed by atoms with Crippen LogP contribution in [0, 0.1) is 11.8 Å². The fourth-order valence-corrected chi connectivity index (χ4v) is 2.65. The topological polar surface area (TPSA) is 16.6 Å². The van der Waals surface area contributed by atoms with E-state index in [0.717, 1.165) is 15.9 Å². The average Bonchev–Trinajstić information content (AvgIpc) is 1.88. The Morgan fingerprint density at radius 3 is 2.00 bits per heavy atom. The van der Waals surface area contributed by atoms with Gasteiger partial charge < -0.3 is 5.32 Å². The molecule has 0 bridgehead atoms. The standard InChI is InChI=1S/C8H18IN/c1-5-7(6(2)3)8(9)10-4/h6-8,10H,5H2,1-4H3/p+1. The van der Waals surface area contributed by atoms with Gasteiger partial charge in [-0.3, -0.25) is 0 Å². The van der Waals surface area contributed by atoms with E-state index in [4.69, 9.17) is 0 Å². The SMILES string of the molecule is CCC(C(C)C)C(I)[NH2+]C. The predicted octanol–water partition coefficient (Wildman–Crippen LogP) is 1.62. The van der Waals surface area contributed by atoms with Gasteiger partial charge in [-0.1, -0.05) is 20.8 Å². The molecule has 0 aromatic heterocycles. The van der Waals surface area contributed by atoms with Crippen LogP contribution in [0.3, 0.4) is 0 Å². The van der Waals surface area contributed by atoms with Crippen LogP contribution in [0.4, 0.5) is 0 Å². The van der Waals surface area contributed by atoms with Crippen molar-refractivity contribution in [1.82, 2.24) is 0 Å². The molecule has 0 rings (SSSR count). The summed E-state index contributed by atoms with van der Waals surface area (Å²) in [7, 11) is 2.15. The molecule has 2 atom stereocenters. The van der Waals surface area contributed by atoms with Gasteiger partial charge >= 0.3 is 0 Å². The molecule has 0 heterocycles. The number of hydrogen-bond donors (Lipinski definition) is 1. The predicted molar refractivity (Wildman–Crippen MR) is 54.3 cm³/mol. The van der Waals surface area contributed by atoms with Gasteiger partial charge in [-0.25, -0.2) is 0 Å². The number of rotatable bonds is 4. The van der Waals surface area contributed by atoms with E-state index in [1.54, 1.807) is 0 Å². The molecule has 0 aromatic carbocycles. The van der Waals surface area contributed by atoms with E-state index in [2.05, 4.69) is 55.7 Å². The minimum atomic E-state index is 0.752. The first-order chi connectivity index (χ1) is 4.63. The summed E-state index contributed by atoms with van der Waals surface area (Å²) < 4.78 is 0.752. The lowest BCUT2D eigenvalue weighted by Crippen LogP contribution is -2.86. The lowest BCUT2D eigenvalue weighted by molar-refractivity contribution is -0.642. The van der Waals surface area contributed by atoms with Gasteiger partial charge in [-0.05, 0) is 34.9 Å². The minimum absolute atomic E-state index is 0.752. The summed E-state index contributed by atoms with van der Waals surface area (Å²) in [6.45, 7) is 6.90. The molecule has 0 saturated heterocycles. The van der Waals surface area contributed by atoms with Gasteiger partial charge in [0, 0.05) is 5.92 Å². The van der Waals surface area contributed by atoms with Gasteiger partial charge in [-0.2, -0.15) is 0 Å². The molecule has 0 radical (unpaired) electrons. The van der Waals surface area contributed by atoms with Crippen molar-refractivity contribution in [1.29, 1.82) is 0 Å². The monoisotopic (exact) mass is 256 g/mol. The first kappa shape index (κ1) is 10.7. The molecule has 2 N–H and O–H groups in total. The van der Waals surface area contributed by atoms with E-state index in [1.165, 1.54) is 6.42 Å². The zero-order valence-corrected chi connectivity index (χ0v) is 9.55. The zero-order chi connectivity index (χ0) is 8.15. The normalized spacial score (nSPS) is 17.4. The van der Waals surface area contributed by atoms with Crippen LogP contribution in [0.25, 0.3) is 0 Å². The molecule has 62 valence electrons. The highest BCUT2D eigenvalue weighted by atomic mass is 127. The molecule has 0 aromatic rings. The molecule has 0 spiro atoms. The highest BCUT2D eigenvalue weighted by Gasteiger charge is 2.21. The van der Waals surface area contributed by atoms with Crippen molar-refractivity contribution in [2.45, 2.75) is 31.2 Å². The van der Waals surface area contributed by atoms with Crippen molar-refractivity contribution in [3.05, 3.63) is 0 Å². The van der Waals surface area contributed by atoms with Crippen LogP contribution in [-0.4, -0.2) is 11.1 Å². The van der Waals surface area contributed by atoms with E-state index in [9.17, 15) is 0 Å². The van der Waals surface area contributed by atoms with Gasteiger partial charge in [0.05, 0.1) is 7.05 Å². The molecular weight excluding hydrogens is 237 g/mol. The quantitative estimate of drug-likeness (QED) is 0.447. The van der Waals surface area contributed by atoms with Gasteiger partial charge in [-0.15, -0.1) is 0 Å². The third-order valence-electron chi connectivity index (χ3n) is 2.06. The lowest BCUT2D eigenvalue weighted by Gasteiger charge is -2.21. The largest absolute Gasteiger partial charge is 0.338 e. The molecule has 0 saturated carbocycles. The Kier molecular flexibility index (Phi) is 5.72. The number of hydrogen-bond acceptors (Lipinski definition) is 0. The van der Waals surface area contributed by atoms with E-state index < -0.39 is 0 Å². The molecule has 0 aliphatic carbocycles. The van der Waals surface area contributed by atoms with Gasteiger partial charge in [0.25, 0.3) is 0 Å². The minimum Gasteiger partial charge on any atom is -0.338 e. The van der Waals surface area contributed by atoms with Crippen molar-refractivity contribution in [2.24, 2.45) is 11.8 Å². The van der Waals surface area contributed by atoms with Crippen molar-refractivity contribution >= 4 is 22.6 Å². The molecule has 2 heteroatoms. The van der Waals surface area contributed by atoms with E-state index in [-0.39, 0.29) is 0 Å². The molecule has 0 amide bonds. The Labute approximate surface area is 78.1 Å². The molecule has 0 aliphatic rings. The fourth-order valence-electron chi connectivity index (χ4n) is 1.31. The Bertz CT molecular complexity index is 83.3. The van der Waals surface area contributed by atoms with Crippen molar-refractivity contribution in [2.75, 3.05) is 7.05 Å². The van der Waals surface area contributed by atoms with Gasteiger partial charge in [0.2, 0.25) is 0 Å². The maximum atomic E-state index is 2.53. The van der Waals surface area contributed by atoms with E-state index in [1.807, 2.05) is 0 Å². The summed E-state index contributed by atoms with van der Waals surface area (Å²) in [5, 5.41) is 2.30. The van der Waals surface area contributed by atoms with Crippen LogP contribution >= 0.6 is 22.6 Å². The smallest absolute Gasteiger partial charge is 0.139 e. The second-order valence-corrected chi connectivity index (χ2v) is 4.53. The molecule has 10 heavy (non-hydrogen) atoms. The Hall–Kier alpha value is 0.690. The highest BCUT2D eigenvalue weighted by molar-refractivity contribution is 14.1. The third-order valence-corrected chi connectivity index (χ3v) is 3.70. The Balaban J connectivity index is 3.80. The van der Waals surface area contributed by atoms with Crippen LogP contribution in [-0.2, 0) is 0 Å². The number of nitrogens with two attached hydrogens (primary N) is 1. The molecule has 0 aliphatic heterocycles. The summed E-state index contributed by atoms with van der Waals surface area (Å²) in [6.07, 6.45) is 1.30. The van der Waals surface area contributed by atoms with Crippen molar-refractivity contribution in [3.63, 3.8) is 0 Å². The second kappa shape index (κ2) is 5.35. The maximum Gasteiger partial charge on any atom is 0.139 e. The summed E-state index contributed by atoms with van der Waals surface area (Å²) in [4.78, 5) is 0. The summed E-state index contributed by atoms with van der Waals surface area (Å²) >= 11 is 2.53. The lowest BCUT2D eigenvalue weighted by atomic mass is 9.93. The summed E-state index contributed by atoms with van der Waals surface area (Å²) in [5.74, 6) is 1.69. The zero-order valence-electron chi connectivity index (χ0n) is 7.39. The molecule has 2 unspecified atom stereocenters. The first-order valence-corrected chi connectivity index (χ1v) is 5.31. The first-order valence-electron chi connectivity index (χ1n) is 4.07. The van der Waals surface area contributed by atoms with Crippen LogP contribution in [0.15, 0.2) is 0 Å². The molecule has 0 fully saturated rings. The van der Waals surface area contributed by atoms with Gasteiger partial charge in [0.15, 0.2) is 0 Å². The van der Waals surface area contributed by atoms with E-state index >= 15 is 0 Å². The second-order valence-electron chi connectivity index (χ2n) is 3.09. The van der Waals surface area contributed by atoms with Gasteiger partial charge in [0.1, 0.15) is 4.05 Å². The molecular formula is C8H19IN+.